The Bertz CT molecular complexity index is 253. The average molecular weight is 225 g/mol. The third-order valence-corrected chi connectivity index (χ3v) is 2.38. The molecule has 0 aromatic heterocycles. The van der Waals surface area contributed by atoms with Crippen molar-refractivity contribution in [1.29, 1.82) is 0 Å². The fourth-order valence-electron chi connectivity index (χ4n) is 1.32. The van der Waals surface area contributed by atoms with Crippen LogP contribution in [0.15, 0.2) is 30.3 Å². The van der Waals surface area contributed by atoms with E-state index in [2.05, 4.69) is 24.6 Å². The first-order valence-corrected chi connectivity index (χ1v) is 5.93. The molecule has 1 aromatic rings. The van der Waals surface area contributed by atoms with E-state index in [0.717, 1.165) is 37.6 Å². The Morgan fingerprint density at radius 2 is 1.93 bits per heavy atom. The molecule has 0 N–H and O–H groups in total. The zero-order valence-electron chi connectivity index (χ0n) is 9.22. The van der Waals surface area contributed by atoms with Crippen molar-refractivity contribution in [3.05, 3.63) is 30.3 Å². The average Bonchev–Trinajstić information content (AvgIpc) is 2.26. The van der Waals surface area contributed by atoms with Crippen molar-refractivity contribution in [2.45, 2.75) is 6.42 Å². The number of hydrogen-bond acceptors (Lipinski definition) is 3. The van der Waals surface area contributed by atoms with Gasteiger partial charge in [0.2, 0.25) is 0 Å². The Morgan fingerprint density at radius 3 is 2.60 bits per heavy atom. The summed E-state index contributed by atoms with van der Waals surface area (Å²) in [5, 5.41) is 0. The standard InChI is InChI=1S/C12H19NOS/c1-13(9-11-15)8-5-10-14-12-6-3-2-4-7-12/h2-4,6-7,15H,5,8-11H2,1H3. The van der Waals surface area contributed by atoms with Crippen LogP contribution in [0.3, 0.4) is 0 Å². The minimum absolute atomic E-state index is 0.779. The van der Waals surface area contributed by atoms with Crippen LogP contribution in [0, 0.1) is 0 Å². The minimum atomic E-state index is 0.779. The summed E-state index contributed by atoms with van der Waals surface area (Å²) in [5.41, 5.74) is 0. The Kier molecular flexibility index (Phi) is 6.28. The number of rotatable bonds is 7. The molecule has 2 nitrogen and oxygen atoms in total. The second kappa shape index (κ2) is 7.60. The fourth-order valence-corrected chi connectivity index (χ4v) is 1.67. The molecule has 0 aliphatic carbocycles. The highest BCUT2D eigenvalue weighted by Gasteiger charge is 1.96. The largest absolute Gasteiger partial charge is 0.494 e. The second-order valence-corrected chi connectivity index (χ2v) is 3.99. The zero-order chi connectivity index (χ0) is 10.9. The molecule has 0 spiro atoms. The Balaban J connectivity index is 2.07. The summed E-state index contributed by atoms with van der Waals surface area (Å²) in [7, 11) is 2.11. The first kappa shape index (κ1) is 12.4. The minimum Gasteiger partial charge on any atom is -0.494 e. The van der Waals surface area contributed by atoms with E-state index in [1.54, 1.807) is 0 Å². The molecule has 0 heterocycles. The van der Waals surface area contributed by atoms with Gasteiger partial charge in [-0.25, -0.2) is 0 Å². The fraction of sp³-hybridized carbons (Fsp3) is 0.500. The van der Waals surface area contributed by atoms with Gasteiger partial charge in [-0.1, -0.05) is 18.2 Å². The van der Waals surface area contributed by atoms with Crippen LogP contribution in [0.4, 0.5) is 0 Å². The first-order chi connectivity index (χ1) is 7.33. The van der Waals surface area contributed by atoms with Gasteiger partial charge in [0.05, 0.1) is 6.61 Å². The SMILES string of the molecule is CN(CCS)CCCOc1ccccc1. The molecule has 0 amide bonds. The van der Waals surface area contributed by atoms with Gasteiger partial charge in [0.1, 0.15) is 5.75 Å². The Morgan fingerprint density at radius 1 is 1.20 bits per heavy atom. The quantitative estimate of drug-likeness (QED) is 0.565. The van der Waals surface area contributed by atoms with E-state index < -0.39 is 0 Å². The van der Waals surface area contributed by atoms with Crippen molar-refractivity contribution in [2.75, 3.05) is 32.5 Å². The summed E-state index contributed by atoms with van der Waals surface area (Å²) in [6.07, 6.45) is 1.05. The number of ether oxygens (including phenoxy) is 1. The number of nitrogens with zero attached hydrogens (tertiary/aromatic N) is 1. The molecule has 0 saturated heterocycles. The summed E-state index contributed by atoms with van der Waals surface area (Å²) in [4.78, 5) is 2.27. The monoisotopic (exact) mass is 225 g/mol. The van der Waals surface area contributed by atoms with Gasteiger partial charge in [0.25, 0.3) is 0 Å². The van der Waals surface area contributed by atoms with Crippen LogP contribution in [0.5, 0.6) is 5.75 Å². The highest BCUT2D eigenvalue weighted by atomic mass is 32.1. The molecule has 1 rings (SSSR count). The summed E-state index contributed by atoms with van der Waals surface area (Å²) < 4.78 is 5.59. The van der Waals surface area contributed by atoms with E-state index in [0.29, 0.717) is 0 Å². The molecule has 0 bridgehead atoms. The van der Waals surface area contributed by atoms with Crippen LogP contribution in [0.2, 0.25) is 0 Å². The molecule has 0 aliphatic heterocycles. The summed E-state index contributed by atoms with van der Waals surface area (Å²) in [6.45, 7) is 2.88. The lowest BCUT2D eigenvalue weighted by Crippen LogP contribution is -2.23. The van der Waals surface area contributed by atoms with Crippen molar-refractivity contribution >= 4 is 12.6 Å². The van der Waals surface area contributed by atoms with Gasteiger partial charge in [0, 0.05) is 18.8 Å². The van der Waals surface area contributed by atoms with Crippen molar-refractivity contribution in [3.8, 4) is 5.75 Å². The van der Waals surface area contributed by atoms with E-state index in [1.165, 1.54) is 0 Å². The normalized spacial score (nSPS) is 10.6. The lowest BCUT2D eigenvalue weighted by atomic mass is 10.3. The van der Waals surface area contributed by atoms with Crippen molar-refractivity contribution in [1.82, 2.24) is 4.90 Å². The lowest BCUT2D eigenvalue weighted by Gasteiger charge is -2.14. The predicted molar refractivity (Wildman–Crippen MR) is 67.9 cm³/mol. The summed E-state index contributed by atoms with van der Waals surface area (Å²) in [5.74, 6) is 1.87. The van der Waals surface area contributed by atoms with E-state index in [1.807, 2.05) is 30.3 Å². The van der Waals surface area contributed by atoms with Crippen LogP contribution in [0.1, 0.15) is 6.42 Å². The van der Waals surface area contributed by atoms with Gasteiger partial charge in [0.15, 0.2) is 0 Å². The van der Waals surface area contributed by atoms with Gasteiger partial charge < -0.3 is 9.64 Å². The van der Waals surface area contributed by atoms with Crippen LogP contribution < -0.4 is 4.74 Å². The predicted octanol–water partition coefficient (Wildman–Crippen LogP) is 2.32. The van der Waals surface area contributed by atoms with Crippen LogP contribution >= 0.6 is 12.6 Å². The molecular formula is C12H19NOS. The van der Waals surface area contributed by atoms with Crippen molar-refractivity contribution in [2.24, 2.45) is 0 Å². The molecule has 0 saturated carbocycles. The molecule has 1 aromatic carbocycles. The summed E-state index contributed by atoms with van der Waals surface area (Å²) in [6, 6.07) is 9.94. The second-order valence-electron chi connectivity index (χ2n) is 3.54. The maximum atomic E-state index is 5.59. The van der Waals surface area contributed by atoms with Crippen LogP contribution in [-0.2, 0) is 0 Å². The van der Waals surface area contributed by atoms with Gasteiger partial charge in [-0.05, 0) is 25.6 Å². The van der Waals surface area contributed by atoms with E-state index in [4.69, 9.17) is 4.74 Å². The highest BCUT2D eigenvalue weighted by Crippen LogP contribution is 2.08. The molecule has 0 aliphatic rings. The zero-order valence-corrected chi connectivity index (χ0v) is 10.1. The van der Waals surface area contributed by atoms with Crippen molar-refractivity contribution in [3.63, 3.8) is 0 Å². The molecule has 3 heteroatoms. The third-order valence-electron chi connectivity index (χ3n) is 2.18. The molecule has 0 radical (unpaired) electrons. The first-order valence-electron chi connectivity index (χ1n) is 5.30. The lowest BCUT2D eigenvalue weighted by molar-refractivity contribution is 0.269. The summed E-state index contributed by atoms with van der Waals surface area (Å²) >= 11 is 4.19. The molecule has 0 unspecified atom stereocenters. The Hall–Kier alpha value is -0.670. The Labute approximate surface area is 97.6 Å². The van der Waals surface area contributed by atoms with Gasteiger partial charge in [-0.2, -0.15) is 12.6 Å². The molecular weight excluding hydrogens is 206 g/mol. The number of thiol groups is 1. The molecule has 15 heavy (non-hydrogen) atoms. The van der Waals surface area contributed by atoms with E-state index >= 15 is 0 Å². The molecule has 84 valence electrons. The highest BCUT2D eigenvalue weighted by molar-refractivity contribution is 7.80. The maximum Gasteiger partial charge on any atom is 0.119 e. The van der Waals surface area contributed by atoms with Gasteiger partial charge >= 0.3 is 0 Å². The van der Waals surface area contributed by atoms with Crippen LogP contribution in [0.25, 0.3) is 0 Å². The van der Waals surface area contributed by atoms with Gasteiger partial charge in [-0.3, -0.25) is 0 Å². The number of para-hydroxylation sites is 1. The maximum absolute atomic E-state index is 5.59. The van der Waals surface area contributed by atoms with Crippen molar-refractivity contribution < 1.29 is 4.74 Å². The van der Waals surface area contributed by atoms with E-state index in [-0.39, 0.29) is 0 Å². The molecule has 0 fully saturated rings. The number of hydrogen-bond donors (Lipinski definition) is 1. The smallest absolute Gasteiger partial charge is 0.119 e. The third kappa shape index (κ3) is 5.70. The van der Waals surface area contributed by atoms with E-state index in [9.17, 15) is 0 Å². The number of benzene rings is 1. The topological polar surface area (TPSA) is 12.5 Å². The molecule has 0 atom stereocenters. The van der Waals surface area contributed by atoms with Crippen LogP contribution in [-0.4, -0.2) is 37.4 Å². The van der Waals surface area contributed by atoms with Gasteiger partial charge in [-0.15, -0.1) is 0 Å².